The summed E-state index contributed by atoms with van der Waals surface area (Å²) in [6, 6.07) is 0. The molecule has 0 saturated carbocycles. The average Bonchev–Trinajstić information content (AvgIpc) is 2.34. The first kappa shape index (κ1) is 6.60. The second-order valence-electron chi connectivity index (χ2n) is 1.59. The molecule has 1 aromatic rings. The van der Waals surface area contributed by atoms with Crippen molar-refractivity contribution in [1.82, 2.24) is 9.71 Å². The van der Waals surface area contributed by atoms with E-state index in [9.17, 15) is 4.79 Å². The number of aromatic nitrogens is 2. The fraction of sp³-hybridized carbons (Fsp3) is 0.200. The molecule has 0 radical (unpaired) electrons. The zero-order chi connectivity index (χ0) is 7.56. The lowest BCUT2D eigenvalue weighted by molar-refractivity contribution is 0.0539. The third kappa shape index (κ3) is 0.928. The predicted molar refractivity (Wildman–Crippen MR) is 30.8 cm³/mol. The van der Waals surface area contributed by atoms with Crippen molar-refractivity contribution in [2.24, 2.45) is 0 Å². The van der Waals surface area contributed by atoms with Gasteiger partial charge in [-0.1, -0.05) is 0 Å². The van der Waals surface area contributed by atoms with Crippen molar-refractivity contribution in [1.29, 1.82) is 0 Å². The quantitative estimate of drug-likeness (QED) is 0.439. The fourth-order valence-corrected chi connectivity index (χ4v) is 0.534. The van der Waals surface area contributed by atoms with E-state index < -0.39 is 5.97 Å². The van der Waals surface area contributed by atoms with Crippen LogP contribution in [0.2, 0.25) is 0 Å². The molecule has 0 spiro atoms. The second-order valence-corrected chi connectivity index (χ2v) is 1.59. The van der Waals surface area contributed by atoms with E-state index in [-0.39, 0.29) is 5.82 Å². The van der Waals surface area contributed by atoms with Crippen molar-refractivity contribution in [3.05, 3.63) is 18.2 Å². The highest BCUT2D eigenvalue weighted by Gasteiger charge is 2.10. The van der Waals surface area contributed by atoms with Crippen LogP contribution in [-0.2, 0) is 4.74 Å². The highest BCUT2D eigenvalue weighted by molar-refractivity contribution is 5.85. The number of esters is 1. The maximum absolute atomic E-state index is 10.6. The fourth-order valence-electron chi connectivity index (χ4n) is 0.534. The van der Waals surface area contributed by atoms with Gasteiger partial charge in [-0.05, 0) is 0 Å². The minimum Gasteiger partial charge on any atom is -0.463 e. The van der Waals surface area contributed by atoms with Gasteiger partial charge in [-0.3, -0.25) is 0 Å². The molecule has 1 N–H and O–H groups in total. The predicted octanol–water partition coefficient (Wildman–Crippen LogP) is -0.0930. The number of hydrogen-bond acceptors (Lipinski definition) is 4. The van der Waals surface area contributed by atoms with Crippen LogP contribution in [-0.4, -0.2) is 28.0 Å². The summed E-state index contributed by atoms with van der Waals surface area (Å²) in [5, 5.41) is 8.81. The van der Waals surface area contributed by atoms with E-state index in [2.05, 4.69) is 9.72 Å². The van der Waals surface area contributed by atoms with Crippen molar-refractivity contribution in [2.45, 2.75) is 0 Å². The lowest BCUT2D eigenvalue weighted by Crippen LogP contribution is -2.08. The molecule has 54 valence electrons. The van der Waals surface area contributed by atoms with E-state index in [1.807, 2.05) is 0 Å². The molecule has 1 heterocycles. The molecular weight excluding hydrogens is 136 g/mol. The van der Waals surface area contributed by atoms with Gasteiger partial charge in [-0.25, -0.2) is 9.78 Å². The zero-order valence-electron chi connectivity index (χ0n) is 5.31. The highest BCUT2D eigenvalue weighted by Crippen LogP contribution is 1.94. The smallest absolute Gasteiger partial charge is 0.377 e. The third-order valence-corrected chi connectivity index (χ3v) is 0.990. The number of rotatable bonds is 1. The molecule has 0 aliphatic heterocycles. The molecule has 1 rings (SSSR count). The molecule has 0 aromatic carbocycles. The van der Waals surface area contributed by atoms with Crippen LogP contribution in [0.3, 0.4) is 0 Å². The Morgan fingerprint density at radius 1 is 1.90 bits per heavy atom. The first-order valence-electron chi connectivity index (χ1n) is 2.56. The Labute approximate surface area is 56.8 Å². The summed E-state index contributed by atoms with van der Waals surface area (Å²) < 4.78 is 4.90. The molecular formula is C5H6N2O3. The van der Waals surface area contributed by atoms with Crippen molar-refractivity contribution in [2.75, 3.05) is 7.11 Å². The molecule has 0 fully saturated rings. The number of ether oxygens (including phenoxy) is 1. The summed E-state index contributed by atoms with van der Waals surface area (Å²) in [5.41, 5.74) is 0. The monoisotopic (exact) mass is 142 g/mol. The van der Waals surface area contributed by atoms with Crippen LogP contribution in [0.1, 0.15) is 10.6 Å². The molecule has 0 aliphatic carbocycles. The molecule has 0 atom stereocenters. The van der Waals surface area contributed by atoms with Crippen molar-refractivity contribution in [3.8, 4) is 0 Å². The molecule has 5 heteroatoms. The molecule has 1 aromatic heterocycles. The van der Waals surface area contributed by atoms with Gasteiger partial charge >= 0.3 is 5.97 Å². The molecule has 0 bridgehead atoms. The largest absolute Gasteiger partial charge is 0.463 e. The minimum atomic E-state index is -0.660. The van der Waals surface area contributed by atoms with E-state index in [4.69, 9.17) is 5.21 Å². The SMILES string of the molecule is COC(=O)c1nccn1O. The van der Waals surface area contributed by atoms with E-state index in [0.717, 1.165) is 0 Å². The van der Waals surface area contributed by atoms with Crippen LogP contribution < -0.4 is 0 Å². The van der Waals surface area contributed by atoms with E-state index in [1.165, 1.54) is 19.5 Å². The van der Waals surface area contributed by atoms with E-state index in [1.54, 1.807) is 0 Å². The Kier molecular flexibility index (Phi) is 1.57. The minimum absolute atomic E-state index is 0.123. The highest BCUT2D eigenvalue weighted by atomic mass is 16.5. The van der Waals surface area contributed by atoms with Crippen LogP contribution in [0.4, 0.5) is 0 Å². The van der Waals surface area contributed by atoms with Crippen LogP contribution in [0, 0.1) is 0 Å². The summed E-state index contributed by atoms with van der Waals surface area (Å²) in [4.78, 5) is 14.2. The van der Waals surface area contributed by atoms with Gasteiger partial charge in [0.25, 0.3) is 5.82 Å². The van der Waals surface area contributed by atoms with Gasteiger partial charge in [0.05, 0.1) is 13.3 Å². The van der Waals surface area contributed by atoms with Crippen LogP contribution in [0.25, 0.3) is 0 Å². The summed E-state index contributed by atoms with van der Waals surface area (Å²) in [6.07, 6.45) is 2.54. The summed E-state index contributed by atoms with van der Waals surface area (Å²) in [6.45, 7) is 0. The molecule has 0 aliphatic rings. The Balaban J connectivity index is 2.93. The van der Waals surface area contributed by atoms with Crippen LogP contribution in [0.15, 0.2) is 12.4 Å². The van der Waals surface area contributed by atoms with Gasteiger partial charge in [0.15, 0.2) is 0 Å². The number of hydrogen-bond donors (Lipinski definition) is 1. The lowest BCUT2D eigenvalue weighted by atomic mass is 10.6. The third-order valence-electron chi connectivity index (χ3n) is 0.990. The molecule has 5 nitrogen and oxygen atoms in total. The lowest BCUT2D eigenvalue weighted by Gasteiger charge is -1.95. The van der Waals surface area contributed by atoms with Gasteiger partial charge in [0.2, 0.25) is 0 Å². The first-order chi connectivity index (χ1) is 4.75. The van der Waals surface area contributed by atoms with Crippen molar-refractivity contribution >= 4 is 5.97 Å². The molecule has 0 amide bonds. The maximum atomic E-state index is 10.6. The molecule has 10 heavy (non-hydrogen) atoms. The molecule has 0 saturated heterocycles. The maximum Gasteiger partial charge on any atom is 0.377 e. The van der Waals surface area contributed by atoms with Gasteiger partial charge in [-0.15, -0.1) is 0 Å². The summed E-state index contributed by atoms with van der Waals surface area (Å²) in [7, 11) is 1.22. The Morgan fingerprint density at radius 3 is 3.00 bits per heavy atom. The average molecular weight is 142 g/mol. The van der Waals surface area contributed by atoms with Gasteiger partial charge in [-0.2, -0.15) is 4.73 Å². The van der Waals surface area contributed by atoms with E-state index >= 15 is 0 Å². The Hall–Kier alpha value is -1.52. The van der Waals surface area contributed by atoms with Crippen molar-refractivity contribution < 1.29 is 14.7 Å². The Morgan fingerprint density at radius 2 is 2.60 bits per heavy atom. The number of methoxy groups -OCH3 is 1. The van der Waals surface area contributed by atoms with Gasteiger partial charge < -0.3 is 9.94 Å². The summed E-state index contributed by atoms with van der Waals surface area (Å²) >= 11 is 0. The number of carbonyl (C=O) groups is 1. The van der Waals surface area contributed by atoms with E-state index in [0.29, 0.717) is 4.73 Å². The van der Waals surface area contributed by atoms with Gasteiger partial charge in [0, 0.05) is 6.20 Å². The van der Waals surface area contributed by atoms with Crippen LogP contribution >= 0.6 is 0 Å². The zero-order valence-corrected chi connectivity index (χ0v) is 5.31. The summed E-state index contributed by atoms with van der Waals surface area (Å²) in [5.74, 6) is -0.782. The number of nitrogens with zero attached hydrogens (tertiary/aromatic N) is 2. The Bertz CT molecular complexity index is 243. The molecule has 0 unspecified atom stereocenters. The topological polar surface area (TPSA) is 64.3 Å². The number of imidazole rings is 1. The number of carbonyl (C=O) groups excluding carboxylic acids is 1. The standard InChI is InChI=1S/C5H6N2O3/c1-10-5(8)4-6-2-3-7(4)9/h2-3,9H,1H3. The first-order valence-corrected chi connectivity index (χ1v) is 2.56. The van der Waals surface area contributed by atoms with Gasteiger partial charge in [0.1, 0.15) is 0 Å². The van der Waals surface area contributed by atoms with Crippen molar-refractivity contribution in [3.63, 3.8) is 0 Å². The van der Waals surface area contributed by atoms with Crippen LogP contribution in [0.5, 0.6) is 0 Å². The normalized spacial score (nSPS) is 9.30. The second kappa shape index (κ2) is 2.38.